The van der Waals surface area contributed by atoms with E-state index in [1.54, 1.807) is 6.20 Å². The summed E-state index contributed by atoms with van der Waals surface area (Å²) in [4.78, 5) is 8.85. The highest BCUT2D eigenvalue weighted by atomic mass is 127. The molecule has 0 spiro atoms. The highest BCUT2D eigenvalue weighted by Crippen LogP contribution is 2.11. The zero-order valence-corrected chi connectivity index (χ0v) is 7.85. The van der Waals surface area contributed by atoms with Crippen LogP contribution in [-0.2, 0) is 0 Å². The number of nitrogens with zero attached hydrogens (tertiary/aromatic N) is 2. The van der Waals surface area contributed by atoms with Crippen molar-refractivity contribution in [3.63, 3.8) is 0 Å². The normalized spacial score (nSPS) is 9.67. The molecule has 0 fully saturated rings. The summed E-state index contributed by atoms with van der Waals surface area (Å²) in [5.74, 6) is 0.789. The van der Waals surface area contributed by atoms with E-state index in [9.17, 15) is 0 Å². The van der Waals surface area contributed by atoms with Crippen molar-refractivity contribution in [1.82, 2.24) is 9.97 Å². The highest BCUT2D eigenvalue weighted by molar-refractivity contribution is 14.1. The van der Waals surface area contributed by atoms with Crippen molar-refractivity contribution < 1.29 is 0 Å². The summed E-state index contributed by atoms with van der Waals surface area (Å²) in [7, 11) is 0. The number of rotatable bonds is 0. The maximum atomic E-state index is 4.11. The summed E-state index contributed by atoms with van der Waals surface area (Å²) in [6.07, 6.45) is 1.70. The summed E-state index contributed by atoms with van der Waals surface area (Å²) in [5.41, 5.74) is 0. The van der Waals surface area contributed by atoms with Crippen LogP contribution in [0.25, 0.3) is 0 Å². The number of halogens is 1. The van der Waals surface area contributed by atoms with E-state index in [0.717, 1.165) is 14.4 Å². The van der Waals surface area contributed by atoms with E-state index in [0.29, 0.717) is 0 Å². The van der Waals surface area contributed by atoms with E-state index in [-0.39, 0.29) is 0 Å². The standard InChI is InChI=1S/C5H5IN2S/c1-3-7-2-4(9)5(6)8-3/h2,9H,1H3. The van der Waals surface area contributed by atoms with Gasteiger partial charge in [-0.3, -0.25) is 0 Å². The minimum absolute atomic E-state index is 0.789. The van der Waals surface area contributed by atoms with E-state index >= 15 is 0 Å². The van der Waals surface area contributed by atoms with Gasteiger partial charge >= 0.3 is 0 Å². The van der Waals surface area contributed by atoms with Crippen molar-refractivity contribution in [1.29, 1.82) is 0 Å². The molecule has 0 radical (unpaired) electrons. The molecule has 0 aliphatic carbocycles. The fourth-order valence-electron chi connectivity index (χ4n) is 0.436. The van der Waals surface area contributed by atoms with Crippen molar-refractivity contribution in [2.24, 2.45) is 0 Å². The molecular weight excluding hydrogens is 247 g/mol. The Kier molecular flexibility index (Phi) is 2.29. The highest BCUT2D eigenvalue weighted by Gasteiger charge is 1.94. The Hall–Kier alpha value is 0.160. The molecule has 0 aliphatic heterocycles. The molecule has 9 heavy (non-hydrogen) atoms. The van der Waals surface area contributed by atoms with Gasteiger partial charge in [-0.25, -0.2) is 9.97 Å². The van der Waals surface area contributed by atoms with Crippen LogP contribution >= 0.6 is 35.2 Å². The van der Waals surface area contributed by atoms with Gasteiger partial charge in [0.1, 0.15) is 9.53 Å². The Morgan fingerprint density at radius 2 is 2.33 bits per heavy atom. The minimum Gasteiger partial charge on any atom is -0.240 e. The quantitative estimate of drug-likeness (QED) is 0.432. The third kappa shape index (κ3) is 1.79. The van der Waals surface area contributed by atoms with Gasteiger partial charge in [0.05, 0.1) is 4.90 Å². The molecular formula is C5H5IN2S. The van der Waals surface area contributed by atoms with Crippen LogP contribution in [0.5, 0.6) is 0 Å². The molecule has 0 aliphatic rings. The maximum absolute atomic E-state index is 4.11. The number of hydrogen-bond donors (Lipinski definition) is 1. The van der Waals surface area contributed by atoms with Crippen LogP contribution in [0.3, 0.4) is 0 Å². The first kappa shape index (κ1) is 7.27. The Balaban J connectivity index is 3.17. The monoisotopic (exact) mass is 252 g/mol. The molecule has 4 heteroatoms. The average Bonchev–Trinajstić information content (AvgIpc) is 1.80. The van der Waals surface area contributed by atoms with E-state index in [4.69, 9.17) is 0 Å². The lowest BCUT2D eigenvalue weighted by Gasteiger charge is -1.94. The van der Waals surface area contributed by atoms with E-state index in [1.807, 2.05) is 6.92 Å². The van der Waals surface area contributed by atoms with Crippen LogP contribution in [0.15, 0.2) is 11.1 Å². The molecule has 2 nitrogen and oxygen atoms in total. The summed E-state index contributed by atoms with van der Waals surface area (Å²) >= 11 is 6.24. The van der Waals surface area contributed by atoms with Gasteiger partial charge in [-0.2, -0.15) is 0 Å². The molecule has 0 unspecified atom stereocenters. The van der Waals surface area contributed by atoms with Crippen LogP contribution in [0.2, 0.25) is 0 Å². The van der Waals surface area contributed by atoms with Crippen LogP contribution in [0.4, 0.5) is 0 Å². The van der Waals surface area contributed by atoms with Gasteiger partial charge < -0.3 is 0 Å². The van der Waals surface area contributed by atoms with Crippen molar-refractivity contribution in [3.8, 4) is 0 Å². The van der Waals surface area contributed by atoms with E-state index in [1.165, 1.54) is 0 Å². The van der Waals surface area contributed by atoms with Gasteiger partial charge in [0, 0.05) is 6.20 Å². The molecule has 1 heterocycles. The second kappa shape index (κ2) is 2.83. The lowest BCUT2D eigenvalue weighted by atomic mass is 10.6. The molecule has 0 bridgehead atoms. The van der Waals surface area contributed by atoms with Gasteiger partial charge in [-0.15, -0.1) is 12.6 Å². The third-order valence-electron chi connectivity index (χ3n) is 0.845. The molecule has 0 saturated carbocycles. The minimum atomic E-state index is 0.789. The first-order valence-corrected chi connectivity index (χ1v) is 3.91. The van der Waals surface area contributed by atoms with E-state index < -0.39 is 0 Å². The summed E-state index contributed by atoms with van der Waals surface area (Å²) < 4.78 is 0.906. The van der Waals surface area contributed by atoms with Crippen molar-refractivity contribution in [2.45, 2.75) is 11.8 Å². The van der Waals surface area contributed by atoms with Gasteiger partial charge in [0.25, 0.3) is 0 Å². The maximum Gasteiger partial charge on any atom is 0.126 e. The molecule has 1 aromatic rings. The fraction of sp³-hybridized carbons (Fsp3) is 0.200. The molecule has 48 valence electrons. The number of aryl methyl sites for hydroxylation is 1. The van der Waals surface area contributed by atoms with Crippen molar-refractivity contribution >= 4 is 35.2 Å². The lowest BCUT2D eigenvalue weighted by Crippen LogP contribution is -1.89. The first-order valence-electron chi connectivity index (χ1n) is 2.38. The van der Waals surface area contributed by atoms with Crippen molar-refractivity contribution in [3.05, 3.63) is 15.7 Å². The van der Waals surface area contributed by atoms with Crippen LogP contribution in [0.1, 0.15) is 5.82 Å². The predicted octanol–water partition coefficient (Wildman–Crippen LogP) is 1.68. The fourth-order valence-corrected chi connectivity index (χ4v) is 1.03. The third-order valence-corrected chi connectivity index (χ3v) is 2.42. The largest absolute Gasteiger partial charge is 0.240 e. The molecule has 0 aromatic carbocycles. The van der Waals surface area contributed by atoms with Crippen LogP contribution in [-0.4, -0.2) is 9.97 Å². The lowest BCUT2D eigenvalue weighted by molar-refractivity contribution is 0.982. The zero-order valence-electron chi connectivity index (χ0n) is 4.80. The Morgan fingerprint density at radius 1 is 1.67 bits per heavy atom. The Labute approximate surface area is 72.7 Å². The second-order valence-electron chi connectivity index (χ2n) is 1.59. The SMILES string of the molecule is Cc1ncc(S)c(I)n1. The Morgan fingerprint density at radius 3 is 2.78 bits per heavy atom. The van der Waals surface area contributed by atoms with Gasteiger partial charge in [-0.05, 0) is 29.5 Å². The van der Waals surface area contributed by atoms with Gasteiger partial charge in [-0.1, -0.05) is 0 Å². The first-order chi connectivity index (χ1) is 4.20. The molecule has 0 saturated heterocycles. The topological polar surface area (TPSA) is 25.8 Å². The second-order valence-corrected chi connectivity index (χ2v) is 3.10. The van der Waals surface area contributed by atoms with Crippen LogP contribution < -0.4 is 0 Å². The average molecular weight is 252 g/mol. The molecule has 0 atom stereocenters. The number of aromatic nitrogens is 2. The van der Waals surface area contributed by atoms with Crippen molar-refractivity contribution in [2.75, 3.05) is 0 Å². The molecule has 0 N–H and O–H groups in total. The van der Waals surface area contributed by atoms with Gasteiger partial charge in [0.2, 0.25) is 0 Å². The Bertz CT molecular complexity index is 226. The van der Waals surface area contributed by atoms with E-state index in [2.05, 4.69) is 45.2 Å². The summed E-state index contributed by atoms with van der Waals surface area (Å²) in [6, 6.07) is 0. The zero-order chi connectivity index (χ0) is 6.85. The smallest absolute Gasteiger partial charge is 0.126 e. The van der Waals surface area contributed by atoms with Crippen LogP contribution in [0, 0.1) is 10.6 Å². The molecule has 0 amide bonds. The number of hydrogen-bond acceptors (Lipinski definition) is 3. The molecule has 1 rings (SSSR count). The predicted molar refractivity (Wildman–Crippen MR) is 46.7 cm³/mol. The summed E-state index contributed by atoms with van der Waals surface area (Å²) in [6.45, 7) is 1.86. The van der Waals surface area contributed by atoms with Gasteiger partial charge in [0.15, 0.2) is 0 Å². The summed E-state index contributed by atoms with van der Waals surface area (Å²) in [5, 5.41) is 0. The molecule has 1 aromatic heterocycles. The number of thiol groups is 1.